The topological polar surface area (TPSA) is 33.1 Å². The van der Waals surface area contributed by atoms with Crippen LogP contribution in [0.15, 0.2) is 18.5 Å². The lowest BCUT2D eigenvalue weighted by molar-refractivity contribution is 0.216. The first-order valence-corrected chi connectivity index (χ1v) is 6.71. The van der Waals surface area contributed by atoms with E-state index in [0.29, 0.717) is 0 Å². The molecule has 1 aliphatic rings. The summed E-state index contributed by atoms with van der Waals surface area (Å²) >= 11 is 0. The van der Waals surface area contributed by atoms with E-state index < -0.39 is 0 Å². The zero-order chi connectivity index (χ0) is 11.9. The Morgan fingerprint density at radius 1 is 1.35 bits per heavy atom. The maximum atomic E-state index is 4.20. The predicted octanol–water partition coefficient (Wildman–Crippen LogP) is 1.20. The van der Waals surface area contributed by atoms with E-state index in [1.165, 1.54) is 32.5 Å². The molecule has 1 aliphatic heterocycles. The van der Waals surface area contributed by atoms with Crippen LogP contribution >= 0.6 is 0 Å². The molecule has 1 saturated heterocycles. The number of hydrogen-bond acceptors (Lipinski definition) is 3. The van der Waals surface area contributed by atoms with E-state index in [0.717, 1.165) is 25.4 Å². The molecule has 1 fully saturated rings. The third-order valence-corrected chi connectivity index (χ3v) is 3.57. The summed E-state index contributed by atoms with van der Waals surface area (Å²) in [5.41, 5.74) is 0. The van der Waals surface area contributed by atoms with Crippen molar-refractivity contribution in [3.05, 3.63) is 18.5 Å². The summed E-state index contributed by atoms with van der Waals surface area (Å²) in [7, 11) is 2.22. The highest BCUT2D eigenvalue weighted by molar-refractivity contribution is 4.77. The van der Waals surface area contributed by atoms with Crippen LogP contribution in [0.1, 0.15) is 19.3 Å². The first kappa shape index (κ1) is 12.6. The van der Waals surface area contributed by atoms with Gasteiger partial charge in [-0.15, -0.1) is 0 Å². The van der Waals surface area contributed by atoms with Crippen LogP contribution in [0, 0.1) is 5.92 Å². The zero-order valence-electron chi connectivity index (χ0n) is 10.8. The second-order valence-electron chi connectivity index (χ2n) is 5.07. The van der Waals surface area contributed by atoms with E-state index in [4.69, 9.17) is 0 Å². The van der Waals surface area contributed by atoms with Crippen molar-refractivity contribution in [3.63, 3.8) is 0 Å². The highest BCUT2D eigenvalue weighted by Gasteiger charge is 2.15. The summed E-state index contributed by atoms with van der Waals surface area (Å²) in [6, 6.07) is 1.98. The molecule has 4 heteroatoms. The lowest BCUT2D eigenvalue weighted by Crippen LogP contribution is -2.35. The zero-order valence-corrected chi connectivity index (χ0v) is 10.8. The molecule has 17 heavy (non-hydrogen) atoms. The van der Waals surface area contributed by atoms with Gasteiger partial charge in [-0.05, 0) is 64.5 Å². The summed E-state index contributed by atoms with van der Waals surface area (Å²) in [5, 5.41) is 7.77. The molecule has 1 N–H and O–H groups in total. The highest BCUT2D eigenvalue weighted by Crippen LogP contribution is 2.14. The number of likely N-dealkylation sites (tertiary alicyclic amines) is 1. The monoisotopic (exact) mass is 236 g/mol. The minimum atomic E-state index is 0.885. The van der Waals surface area contributed by atoms with E-state index in [1.54, 1.807) is 0 Å². The van der Waals surface area contributed by atoms with Crippen LogP contribution in [0.5, 0.6) is 0 Å². The smallest absolute Gasteiger partial charge is 0.0489 e. The molecule has 0 aromatic carbocycles. The molecule has 1 aromatic rings. The van der Waals surface area contributed by atoms with E-state index in [9.17, 15) is 0 Å². The van der Waals surface area contributed by atoms with Gasteiger partial charge >= 0.3 is 0 Å². The van der Waals surface area contributed by atoms with Gasteiger partial charge in [0, 0.05) is 18.9 Å². The number of rotatable bonds is 6. The molecular weight excluding hydrogens is 212 g/mol. The number of hydrogen-bond donors (Lipinski definition) is 1. The number of aryl methyl sites for hydroxylation is 1. The van der Waals surface area contributed by atoms with Crippen LogP contribution in [-0.4, -0.2) is 47.9 Å². The van der Waals surface area contributed by atoms with Gasteiger partial charge in [0.25, 0.3) is 0 Å². The van der Waals surface area contributed by atoms with Gasteiger partial charge in [0.1, 0.15) is 0 Å². The summed E-state index contributed by atoms with van der Waals surface area (Å²) in [4.78, 5) is 2.42. The van der Waals surface area contributed by atoms with Crippen LogP contribution in [0.2, 0.25) is 0 Å². The van der Waals surface area contributed by atoms with Crippen molar-refractivity contribution in [1.82, 2.24) is 20.0 Å². The Bertz CT molecular complexity index is 288. The van der Waals surface area contributed by atoms with Gasteiger partial charge in [-0.25, -0.2) is 0 Å². The molecule has 0 unspecified atom stereocenters. The molecule has 0 radical (unpaired) electrons. The Morgan fingerprint density at radius 3 is 2.88 bits per heavy atom. The van der Waals surface area contributed by atoms with Crippen LogP contribution < -0.4 is 5.32 Å². The fourth-order valence-electron chi connectivity index (χ4n) is 2.37. The van der Waals surface area contributed by atoms with Gasteiger partial charge in [-0.2, -0.15) is 5.10 Å². The molecule has 96 valence electrons. The van der Waals surface area contributed by atoms with E-state index in [-0.39, 0.29) is 0 Å². The maximum Gasteiger partial charge on any atom is 0.0489 e. The normalized spacial score (nSPS) is 18.6. The largest absolute Gasteiger partial charge is 0.316 e. The Balaban J connectivity index is 1.49. The van der Waals surface area contributed by atoms with Crippen molar-refractivity contribution < 1.29 is 0 Å². The number of piperidine rings is 1. The molecule has 2 heterocycles. The molecule has 0 amide bonds. The second kappa shape index (κ2) is 6.77. The standard InChI is InChI=1S/C13H24N4/c1-16-10-4-13(5-11-16)12-14-6-2-8-17-9-3-7-15-17/h3,7,9,13-14H,2,4-6,8,10-12H2,1H3. The number of nitrogens with zero attached hydrogens (tertiary/aromatic N) is 3. The Kier molecular flexibility index (Phi) is 5.01. The minimum absolute atomic E-state index is 0.885. The van der Waals surface area contributed by atoms with Crippen LogP contribution in [0.25, 0.3) is 0 Å². The lowest BCUT2D eigenvalue weighted by Gasteiger charge is -2.29. The molecule has 0 aliphatic carbocycles. The van der Waals surface area contributed by atoms with Gasteiger partial charge in [0.05, 0.1) is 0 Å². The first-order valence-electron chi connectivity index (χ1n) is 6.71. The number of nitrogens with one attached hydrogen (secondary N) is 1. The molecule has 0 atom stereocenters. The van der Waals surface area contributed by atoms with Crippen LogP contribution in [-0.2, 0) is 6.54 Å². The lowest BCUT2D eigenvalue weighted by atomic mass is 9.97. The summed E-state index contributed by atoms with van der Waals surface area (Å²) < 4.78 is 2.00. The van der Waals surface area contributed by atoms with E-state index in [1.807, 2.05) is 23.1 Å². The molecule has 0 bridgehead atoms. The summed E-state index contributed by atoms with van der Waals surface area (Å²) in [6.45, 7) is 5.84. The second-order valence-corrected chi connectivity index (χ2v) is 5.07. The SMILES string of the molecule is CN1CCC(CNCCCn2cccn2)CC1. The van der Waals surface area contributed by atoms with Crippen molar-refractivity contribution >= 4 is 0 Å². The Labute approximate surface area is 104 Å². The summed E-state index contributed by atoms with van der Waals surface area (Å²) in [5.74, 6) is 0.885. The van der Waals surface area contributed by atoms with Gasteiger partial charge in [0.15, 0.2) is 0 Å². The van der Waals surface area contributed by atoms with Gasteiger partial charge in [0.2, 0.25) is 0 Å². The first-order chi connectivity index (χ1) is 8.34. The summed E-state index contributed by atoms with van der Waals surface area (Å²) in [6.07, 6.45) is 7.72. The van der Waals surface area contributed by atoms with Crippen molar-refractivity contribution in [3.8, 4) is 0 Å². The van der Waals surface area contributed by atoms with Crippen LogP contribution in [0.3, 0.4) is 0 Å². The molecule has 2 rings (SSSR count). The molecule has 4 nitrogen and oxygen atoms in total. The van der Waals surface area contributed by atoms with Gasteiger partial charge in [-0.3, -0.25) is 4.68 Å². The average Bonchev–Trinajstić information content (AvgIpc) is 2.84. The van der Waals surface area contributed by atoms with Crippen molar-refractivity contribution in [1.29, 1.82) is 0 Å². The third kappa shape index (κ3) is 4.48. The van der Waals surface area contributed by atoms with Crippen molar-refractivity contribution in [2.24, 2.45) is 5.92 Å². The van der Waals surface area contributed by atoms with Crippen molar-refractivity contribution in [2.45, 2.75) is 25.8 Å². The average molecular weight is 236 g/mol. The highest BCUT2D eigenvalue weighted by atomic mass is 15.3. The Morgan fingerprint density at radius 2 is 2.18 bits per heavy atom. The quantitative estimate of drug-likeness (QED) is 0.754. The van der Waals surface area contributed by atoms with Crippen LogP contribution in [0.4, 0.5) is 0 Å². The molecule has 0 saturated carbocycles. The fraction of sp³-hybridized carbons (Fsp3) is 0.769. The van der Waals surface area contributed by atoms with Gasteiger partial charge in [-0.1, -0.05) is 0 Å². The van der Waals surface area contributed by atoms with Crippen molar-refractivity contribution in [2.75, 3.05) is 33.2 Å². The maximum absolute atomic E-state index is 4.20. The fourth-order valence-corrected chi connectivity index (χ4v) is 2.37. The van der Waals surface area contributed by atoms with E-state index in [2.05, 4.69) is 22.4 Å². The molecular formula is C13H24N4. The van der Waals surface area contributed by atoms with E-state index >= 15 is 0 Å². The van der Waals surface area contributed by atoms with Gasteiger partial charge < -0.3 is 10.2 Å². The Hall–Kier alpha value is -0.870. The third-order valence-electron chi connectivity index (χ3n) is 3.57. The predicted molar refractivity (Wildman–Crippen MR) is 69.9 cm³/mol. The number of aromatic nitrogens is 2. The molecule has 0 spiro atoms. The molecule has 1 aromatic heterocycles. The minimum Gasteiger partial charge on any atom is -0.316 e.